The maximum absolute atomic E-state index is 6.46. The van der Waals surface area contributed by atoms with Gasteiger partial charge in [-0.3, -0.25) is 0 Å². The molecule has 57 heavy (non-hydrogen) atoms. The summed E-state index contributed by atoms with van der Waals surface area (Å²) in [6, 6.07) is 56.4. The predicted octanol–water partition coefficient (Wildman–Crippen LogP) is 14.7. The van der Waals surface area contributed by atoms with Crippen LogP contribution in [0.1, 0.15) is 43.2 Å². The van der Waals surface area contributed by atoms with E-state index in [0.717, 1.165) is 55.8 Å². The van der Waals surface area contributed by atoms with Crippen molar-refractivity contribution in [1.29, 1.82) is 0 Å². The van der Waals surface area contributed by atoms with Crippen molar-refractivity contribution < 1.29 is 4.42 Å². The molecule has 3 heteroatoms. The van der Waals surface area contributed by atoms with Gasteiger partial charge in [0.2, 0.25) is 0 Å². The average Bonchev–Trinajstić information content (AvgIpc) is 3.74. The summed E-state index contributed by atoms with van der Waals surface area (Å²) in [5.74, 6) is 1.40. The Balaban J connectivity index is 1.07. The monoisotopic (exact) mass is 732 g/mol. The van der Waals surface area contributed by atoms with Gasteiger partial charge >= 0.3 is 0 Å². The maximum Gasteiger partial charge on any atom is 0.160 e. The van der Waals surface area contributed by atoms with E-state index in [2.05, 4.69) is 166 Å². The maximum atomic E-state index is 6.46. The summed E-state index contributed by atoms with van der Waals surface area (Å²) in [4.78, 5) is 10.4. The Hall–Kier alpha value is -7.10. The highest BCUT2D eigenvalue weighted by Gasteiger charge is 2.35. The molecule has 1 aliphatic carbocycles. The van der Waals surface area contributed by atoms with E-state index in [1.54, 1.807) is 6.08 Å². The number of furan rings is 1. The molecule has 0 spiro atoms. The van der Waals surface area contributed by atoms with Crippen LogP contribution in [0.2, 0.25) is 0 Å². The lowest BCUT2D eigenvalue weighted by Gasteiger charge is -2.22. The Kier molecular flexibility index (Phi) is 8.19. The van der Waals surface area contributed by atoms with Crippen molar-refractivity contribution in [2.45, 2.75) is 26.2 Å². The molecule has 10 rings (SSSR count). The van der Waals surface area contributed by atoms with E-state index in [0.29, 0.717) is 5.82 Å². The molecule has 272 valence electrons. The highest BCUT2D eigenvalue weighted by Crippen LogP contribution is 2.49. The number of fused-ring (bicyclic) bond motifs is 5. The molecule has 9 aromatic rings. The standard InChI is InChI=1S/C54H40N2O/c1-5-15-44-45-21-14-22-46(52(45)57-51(44)6-2)50-33-49(55-53(56-50)36-16-8-7-9-17-36)43-31-30-38(39-18-10-11-19-40(39)43)35-26-24-34(25-27-35)37-28-29-42-41-20-12-13-23-47(41)54(3,4)48(42)32-37/h5-33H,2H2,1,3-4H3/b15-5-. The first-order chi connectivity index (χ1) is 27.9. The van der Waals surface area contributed by atoms with Gasteiger partial charge in [0, 0.05) is 33.1 Å². The van der Waals surface area contributed by atoms with Crippen LogP contribution in [-0.4, -0.2) is 9.97 Å². The molecule has 2 aromatic heterocycles. The van der Waals surface area contributed by atoms with Gasteiger partial charge in [-0.1, -0.05) is 172 Å². The molecule has 1 aliphatic rings. The first kappa shape index (κ1) is 34.4. The zero-order chi connectivity index (χ0) is 38.7. The number of hydrogen-bond donors (Lipinski definition) is 0. The minimum Gasteiger partial charge on any atom is -0.455 e. The Labute approximate surface area is 333 Å². The SMILES string of the molecule is C=Cc1oc2c(-c3cc(-c4ccc(-c5ccc(-c6ccc7c(c6)C(C)(C)c6ccccc6-7)cc5)c5ccccc45)nc(-c4ccccc4)n3)cccc2c1/C=C\C. The third-order valence-electron chi connectivity index (χ3n) is 11.6. The summed E-state index contributed by atoms with van der Waals surface area (Å²) in [6.07, 6.45) is 5.87. The quantitative estimate of drug-likeness (QED) is 0.164. The van der Waals surface area contributed by atoms with Crippen LogP contribution in [-0.2, 0) is 5.41 Å². The number of allylic oxidation sites excluding steroid dienone is 1. The van der Waals surface area contributed by atoms with E-state index in [9.17, 15) is 0 Å². The van der Waals surface area contributed by atoms with E-state index < -0.39 is 0 Å². The van der Waals surface area contributed by atoms with Gasteiger partial charge in [-0.05, 0) is 86.5 Å². The van der Waals surface area contributed by atoms with Crippen LogP contribution >= 0.6 is 0 Å². The zero-order valence-electron chi connectivity index (χ0n) is 32.3. The minimum atomic E-state index is -0.0360. The van der Waals surface area contributed by atoms with Gasteiger partial charge < -0.3 is 4.42 Å². The van der Waals surface area contributed by atoms with Crippen molar-refractivity contribution in [3.63, 3.8) is 0 Å². The molecular formula is C54H40N2O. The van der Waals surface area contributed by atoms with Crippen LogP contribution in [0.3, 0.4) is 0 Å². The first-order valence-electron chi connectivity index (χ1n) is 19.6. The van der Waals surface area contributed by atoms with Crippen LogP contribution in [0.4, 0.5) is 0 Å². The minimum absolute atomic E-state index is 0.0360. The van der Waals surface area contributed by atoms with Crippen LogP contribution in [0.25, 0.3) is 101 Å². The van der Waals surface area contributed by atoms with Crippen molar-refractivity contribution in [3.8, 4) is 67.3 Å². The average molecular weight is 733 g/mol. The summed E-state index contributed by atoms with van der Waals surface area (Å²) < 4.78 is 6.46. The van der Waals surface area contributed by atoms with Crippen molar-refractivity contribution in [1.82, 2.24) is 9.97 Å². The van der Waals surface area contributed by atoms with Crippen LogP contribution < -0.4 is 0 Å². The Bertz CT molecular complexity index is 3060. The molecule has 0 N–H and O–H groups in total. The second-order valence-electron chi connectivity index (χ2n) is 15.3. The van der Waals surface area contributed by atoms with Gasteiger partial charge in [-0.15, -0.1) is 0 Å². The highest BCUT2D eigenvalue weighted by atomic mass is 16.3. The van der Waals surface area contributed by atoms with Crippen molar-refractivity contribution >= 4 is 33.9 Å². The van der Waals surface area contributed by atoms with E-state index in [1.165, 1.54) is 49.9 Å². The van der Waals surface area contributed by atoms with Crippen molar-refractivity contribution in [3.05, 3.63) is 193 Å². The molecule has 7 aromatic carbocycles. The Morgan fingerprint density at radius 2 is 1.11 bits per heavy atom. The van der Waals surface area contributed by atoms with Gasteiger partial charge in [0.1, 0.15) is 11.3 Å². The van der Waals surface area contributed by atoms with E-state index in [-0.39, 0.29) is 5.41 Å². The summed E-state index contributed by atoms with van der Waals surface area (Å²) in [6.45, 7) is 10.7. The number of rotatable bonds is 7. The number of hydrogen-bond acceptors (Lipinski definition) is 3. The van der Waals surface area contributed by atoms with Gasteiger partial charge in [-0.2, -0.15) is 0 Å². The molecule has 3 nitrogen and oxygen atoms in total. The summed E-state index contributed by atoms with van der Waals surface area (Å²) in [5, 5.41) is 3.32. The number of benzene rings is 7. The van der Waals surface area contributed by atoms with Crippen molar-refractivity contribution in [2.75, 3.05) is 0 Å². The molecule has 0 unspecified atom stereocenters. The Morgan fingerprint density at radius 1 is 0.509 bits per heavy atom. The highest BCUT2D eigenvalue weighted by molar-refractivity contribution is 6.05. The van der Waals surface area contributed by atoms with Crippen LogP contribution in [0.5, 0.6) is 0 Å². The smallest absolute Gasteiger partial charge is 0.160 e. The lowest BCUT2D eigenvalue weighted by molar-refractivity contribution is 0.604. The molecule has 0 radical (unpaired) electrons. The number of aromatic nitrogens is 2. The zero-order valence-corrected chi connectivity index (χ0v) is 32.3. The summed E-state index contributed by atoms with van der Waals surface area (Å²) in [5.41, 5.74) is 16.6. The molecule has 0 bridgehead atoms. The lowest BCUT2D eigenvalue weighted by Crippen LogP contribution is -2.14. The summed E-state index contributed by atoms with van der Waals surface area (Å²) in [7, 11) is 0. The topological polar surface area (TPSA) is 38.9 Å². The fourth-order valence-corrected chi connectivity index (χ4v) is 8.79. The Morgan fingerprint density at radius 3 is 1.88 bits per heavy atom. The van der Waals surface area contributed by atoms with Crippen LogP contribution in [0.15, 0.2) is 175 Å². The molecule has 0 saturated heterocycles. The fraction of sp³-hybridized carbons (Fsp3) is 0.0741. The predicted molar refractivity (Wildman–Crippen MR) is 239 cm³/mol. The molecular weight excluding hydrogens is 693 g/mol. The molecule has 0 fully saturated rings. The van der Waals surface area contributed by atoms with E-state index in [1.807, 2.05) is 31.2 Å². The second kappa shape index (κ2) is 13.6. The molecule has 0 amide bonds. The van der Waals surface area contributed by atoms with E-state index >= 15 is 0 Å². The lowest BCUT2D eigenvalue weighted by atomic mass is 9.81. The van der Waals surface area contributed by atoms with E-state index in [4.69, 9.17) is 14.4 Å². The normalized spacial score (nSPS) is 13.0. The van der Waals surface area contributed by atoms with Gasteiger partial charge in [0.05, 0.1) is 11.4 Å². The molecule has 0 aliphatic heterocycles. The fourth-order valence-electron chi connectivity index (χ4n) is 8.79. The van der Waals surface area contributed by atoms with Gasteiger partial charge in [0.25, 0.3) is 0 Å². The third kappa shape index (κ3) is 5.66. The number of nitrogens with zero attached hydrogens (tertiary/aromatic N) is 2. The summed E-state index contributed by atoms with van der Waals surface area (Å²) >= 11 is 0. The molecule has 0 saturated carbocycles. The van der Waals surface area contributed by atoms with Crippen LogP contribution in [0, 0.1) is 0 Å². The third-order valence-corrected chi connectivity index (χ3v) is 11.6. The first-order valence-corrected chi connectivity index (χ1v) is 19.6. The van der Waals surface area contributed by atoms with Gasteiger partial charge in [-0.25, -0.2) is 9.97 Å². The van der Waals surface area contributed by atoms with Gasteiger partial charge in [0.15, 0.2) is 5.82 Å². The molecule has 2 heterocycles. The van der Waals surface area contributed by atoms with Crippen molar-refractivity contribution in [2.24, 2.45) is 0 Å². The largest absolute Gasteiger partial charge is 0.455 e. The molecule has 0 atom stereocenters. The number of para-hydroxylation sites is 1. The second-order valence-corrected chi connectivity index (χ2v) is 15.3.